The molecule has 0 aromatic heterocycles. The van der Waals surface area contributed by atoms with E-state index in [0.717, 1.165) is 32.5 Å². The molecule has 0 aliphatic rings. The maximum atomic E-state index is 10.5. The molecule has 78 valence electrons. The summed E-state index contributed by atoms with van der Waals surface area (Å²) in [6.07, 6.45) is 3.46. The number of carbonyl (C=O) groups is 1. The molecule has 0 bridgehead atoms. The molecule has 0 aromatic carbocycles. The van der Waals surface area contributed by atoms with Crippen LogP contribution in [-0.4, -0.2) is 19.1 Å². The molecular weight excluding hydrogens is 166 g/mol. The third kappa shape index (κ3) is 9.34. The average molecular weight is 187 g/mol. The van der Waals surface area contributed by atoms with Gasteiger partial charge in [-0.1, -0.05) is 13.8 Å². The number of nitrogens with two attached hydrogens (primary N) is 1. The fraction of sp³-hybridized carbons (Fsp3) is 0.900. The van der Waals surface area contributed by atoms with Gasteiger partial charge in [0.05, 0.1) is 0 Å². The van der Waals surface area contributed by atoms with E-state index in [4.69, 9.17) is 10.5 Å². The molecule has 1 amide bonds. The van der Waals surface area contributed by atoms with Crippen LogP contribution in [0.2, 0.25) is 0 Å². The third-order valence-electron chi connectivity index (χ3n) is 1.99. The zero-order valence-electron chi connectivity index (χ0n) is 8.71. The summed E-state index contributed by atoms with van der Waals surface area (Å²) >= 11 is 0. The fourth-order valence-corrected chi connectivity index (χ4v) is 1.06. The molecule has 3 nitrogen and oxygen atoms in total. The van der Waals surface area contributed by atoms with Gasteiger partial charge in [0.1, 0.15) is 0 Å². The SMILES string of the molecule is CCCOCCC(C)CCC(N)=O. The van der Waals surface area contributed by atoms with Gasteiger partial charge in [-0.25, -0.2) is 0 Å². The molecule has 1 atom stereocenters. The van der Waals surface area contributed by atoms with E-state index in [1.54, 1.807) is 0 Å². The molecule has 0 fully saturated rings. The normalized spacial score (nSPS) is 12.8. The van der Waals surface area contributed by atoms with Gasteiger partial charge in [0.15, 0.2) is 0 Å². The first-order chi connectivity index (χ1) is 6.16. The van der Waals surface area contributed by atoms with Gasteiger partial charge in [0, 0.05) is 19.6 Å². The smallest absolute Gasteiger partial charge is 0.217 e. The van der Waals surface area contributed by atoms with Gasteiger partial charge in [-0.15, -0.1) is 0 Å². The van der Waals surface area contributed by atoms with Crippen molar-refractivity contribution in [2.24, 2.45) is 11.7 Å². The number of ether oxygens (including phenoxy) is 1. The molecule has 0 saturated heterocycles. The summed E-state index contributed by atoms with van der Waals surface area (Å²) in [5.74, 6) is 0.325. The van der Waals surface area contributed by atoms with Gasteiger partial charge in [-0.3, -0.25) is 4.79 Å². The second kappa shape index (κ2) is 8.05. The first kappa shape index (κ1) is 12.4. The van der Waals surface area contributed by atoms with Crippen LogP contribution in [0.5, 0.6) is 0 Å². The van der Waals surface area contributed by atoms with Crippen LogP contribution >= 0.6 is 0 Å². The monoisotopic (exact) mass is 187 g/mol. The highest BCUT2D eigenvalue weighted by Gasteiger charge is 2.03. The Morgan fingerprint density at radius 1 is 1.38 bits per heavy atom. The summed E-state index contributed by atoms with van der Waals surface area (Å²) < 4.78 is 5.34. The minimum absolute atomic E-state index is 0.207. The number of hydrogen-bond donors (Lipinski definition) is 1. The second-order valence-corrected chi connectivity index (χ2v) is 3.51. The molecule has 0 aliphatic heterocycles. The van der Waals surface area contributed by atoms with E-state index >= 15 is 0 Å². The first-order valence-corrected chi connectivity index (χ1v) is 5.02. The molecular formula is C10H21NO2. The maximum Gasteiger partial charge on any atom is 0.217 e. The van der Waals surface area contributed by atoms with E-state index in [-0.39, 0.29) is 5.91 Å². The molecule has 0 heterocycles. The zero-order valence-corrected chi connectivity index (χ0v) is 8.71. The minimum atomic E-state index is -0.207. The van der Waals surface area contributed by atoms with E-state index in [9.17, 15) is 4.79 Å². The van der Waals surface area contributed by atoms with E-state index in [1.807, 2.05) is 0 Å². The molecule has 2 N–H and O–H groups in total. The predicted octanol–water partition coefficient (Wildman–Crippen LogP) is 1.70. The second-order valence-electron chi connectivity index (χ2n) is 3.51. The van der Waals surface area contributed by atoms with Gasteiger partial charge < -0.3 is 10.5 Å². The molecule has 1 unspecified atom stereocenters. The lowest BCUT2D eigenvalue weighted by atomic mass is 10.0. The summed E-state index contributed by atoms with van der Waals surface area (Å²) in [7, 11) is 0. The van der Waals surface area contributed by atoms with Crippen LogP contribution in [0.1, 0.15) is 39.5 Å². The lowest BCUT2D eigenvalue weighted by Crippen LogP contribution is -2.12. The van der Waals surface area contributed by atoms with Crippen LogP contribution in [0.4, 0.5) is 0 Å². The van der Waals surface area contributed by atoms with Crippen LogP contribution in [0.25, 0.3) is 0 Å². The van der Waals surface area contributed by atoms with Crippen LogP contribution in [0.15, 0.2) is 0 Å². The number of amides is 1. The Morgan fingerprint density at radius 3 is 2.62 bits per heavy atom. The van der Waals surface area contributed by atoms with Gasteiger partial charge in [-0.2, -0.15) is 0 Å². The molecule has 0 spiro atoms. The Hall–Kier alpha value is -0.570. The molecule has 0 aliphatic carbocycles. The summed E-state index contributed by atoms with van der Waals surface area (Å²) in [6.45, 7) is 5.85. The average Bonchev–Trinajstić information content (AvgIpc) is 2.09. The Morgan fingerprint density at radius 2 is 2.08 bits per heavy atom. The Balaban J connectivity index is 3.19. The van der Waals surface area contributed by atoms with Crippen molar-refractivity contribution in [3.8, 4) is 0 Å². The summed E-state index contributed by atoms with van der Waals surface area (Å²) in [5, 5.41) is 0. The lowest BCUT2D eigenvalue weighted by Gasteiger charge is -2.09. The molecule has 0 radical (unpaired) electrons. The molecule has 0 rings (SSSR count). The van der Waals surface area contributed by atoms with Crippen molar-refractivity contribution in [1.82, 2.24) is 0 Å². The topological polar surface area (TPSA) is 52.3 Å². The number of primary amides is 1. The number of rotatable bonds is 8. The maximum absolute atomic E-state index is 10.5. The quantitative estimate of drug-likeness (QED) is 0.588. The minimum Gasteiger partial charge on any atom is -0.381 e. The van der Waals surface area contributed by atoms with Crippen LogP contribution in [0, 0.1) is 5.92 Å². The zero-order chi connectivity index (χ0) is 10.1. The van der Waals surface area contributed by atoms with E-state index in [1.165, 1.54) is 0 Å². The predicted molar refractivity (Wildman–Crippen MR) is 53.3 cm³/mol. The summed E-state index contributed by atoms with van der Waals surface area (Å²) in [4.78, 5) is 10.5. The van der Waals surface area contributed by atoms with Crippen LogP contribution < -0.4 is 5.73 Å². The first-order valence-electron chi connectivity index (χ1n) is 5.02. The van der Waals surface area contributed by atoms with Crippen molar-refractivity contribution in [1.29, 1.82) is 0 Å². The fourth-order valence-electron chi connectivity index (χ4n) is 1.06. The van der Waals surface area contributed by atoms with Crippen LogP contribution in [-0.2, 0) is 9.53 Å². The van der Waals surface area contributed by atoms with E-state index < -0.39 is 0 Å². The van der Waals surface area contributed by atoms with E-state index in [0.29, 0.717) is 12.3 Å². The van der Waals surface area contributed by atoms with Crippen molar-refractivity contribution in [3.05, 3.63) is 0 Å². The summed E-state index contributed by atoms with van der Waals surface area (Å²) in [6, 6.07) is 0. The van der Waals surface area contributed by atoms with Crippen molar-refractivity contribution in [2.75, 3.05) is 13.2 Å². The largest absolute Gasteiger partial charge is 0.381 e. The third-order valence-corrected chi connectivity index (χ3v) is 1.99. The molecule has 0 saturated carbocycles. The van der Waals surface area contributed by atoms with Crippen molar-refractivity contribution in [3.63, 3.8) is 0 Å². The van der Waals surface area contributed by atoms with Crippen LogP contribution in [0.3, 0.4) is 0 Å². The molecule has 13 heavy (non-hydrogen) atoms. The molecule has 0 aromatic rings. The highest BCUT2D eigenvalue weighted by atomic mass is 16.5. The van der Waals surface area contributed by atoms with Gasteiger partial charge in [0.2, 0.25) is 5.91 Å². The standard InChI is InChI=1S/C10H21NO2/c1-3-7-13-8-6-9(2)4-5-10(11)12/h9H,3-8H2,1-2H3,(H2,11,12). The van der Waals surface area contributed by atoms with Gasteiger partial charge in [0.25, 0.3) is 0 Å². The van der Waals surface area contributed by atoms with Gasteiger partial charge >= 0.3 is 0 Å². The van der Waals surface area contributed by atoms with Crippen molar-refractivity contribution < 1.29 is 9.53 Å². The summed E-state index contributed by atoms with van der Waals surface area (Å²) in [5.41, 5.74) is 5.05. The number of hydrogen-bond acceptors (Lipinski definition) is 2. The molecule has 3 heteroatoms. The Bertz CT molecular complexity index is 137. The Kier molecular flexibility index (Phi) is 7.69. The lowest BCUT2D eigenvalue weighted by molar-refractivity contribution is -0.118. The van der Waals surface area contributed by atoms with Crippen molar-refractivity contribution in [2.45, 2.75) is 39.5 Å². The number of carbonyl (C=O) groups excluding carboxylic acids is 1. The van der Waals surface area contributed by atoms with E-state index in [2.05, 4.69) is 13.8 Å². The Labute approximate surface area is 80.6 Å². The van der Waals surface area contributed by atoms with Gasteiger partial charge in [-0.05, 0) is 25.2 Å². The van der Waals surface area contributed by atoms with Crippen molar-refractivity contribution >= 4 is 5.91 Å². The highest BCUT2D eigenvalue weighted by molar-refractivity contribution is 5.73. The highest BCUT2D eigenvalue weighted by Crippen LogP contribution is 2.09.